The van der Waals surface area contributed by atoms with E-state index in [-0.39, 0.29) is 12.4 Å². The summed E-state index contributed by atoms with van der Waals surface area (Å²) in [5.74, 6) is -0.362. The van der Waals surface area contributed by atoms with Crippen molar-refractivity contribution in [3.8, 4) is 0 Å². The number of rotatable bonds is 5. The third kappa shape index (κ3) is 4.27. The molecule has 100 valence electrons. The van der Waals surface area contributed by atoms with Crippen LogP contribution in [0.3, 0.4) is 0 Å². The number of esters is 1. The van der Waals surface area contributed by atoms with E-state index in [1.807, 2.05) is 12.1 Å². The maximum Gasteiger partial charge on any atom is 0.308 e. The van der Waals surface area contributed by atoms with Crippen LogP contribution in [0.25, 0.3) is 0 Å². The van der Waals surface area contributed by atoms with Crippen LogP contribution in [0.1, 0.15) is 25.0 Å². The average molecular weight is 266 g/mol. The molecule has 0 radical (unpaired) electrons. The van der Waals surface area contributed by atoms with Crippen LogP contribution in [0.4, 0.5) is 0 Å². The molecule has 0 saturated carbocycles. The Kier molecular flexibility index (Phi) is 5.11. The molecule has 0 bridgehead atoms. The summed E-state index contributed by atoms with van der Waals surface area (Å²) in [4.78, 5) is 11.3. The minimum Gasteiger partial charge on any atom is -0.466 e. The first-order chi connectivity index (χ1) is 8.34. The summed E-state index contributed by atoms with van der Waals surface area (Å²) in [7, 11) is -1.31. The van der Waals surface area contributed by atoms with E-state index in [1.54, 1.807) is 6.92 Å². The molecule has 1 unspecified atom stereocenters. The van der Waals surface area contributed by atoms with Crippen molar-refractivity contribution in [1.29, 1.82) is 0 Å². The maximum atomic E-state index is 11.3. The average Bonchev–Trinajstić information content (AvgIpc) is 2.28. The molecule has 1 N–H and O–H groups in total. The molecule has 0 aliphatic carbocycles. The molecule has 1 aromatic rings. The van der Waals surface area contributed by atoms with E-state index in [0.717, 1.165) is 5.56 Å². The van der Waals surface area contributed by atoms with Crippen molar-refractivity contribution in [3.63, 3.8) is 0 Å². The van der Waals surface area contributed by atoms with Gasteiger partial charge in [0.1, 0.15) is 0 Å². The molecule has 0 aliphatic heterocycles. The van der Waals surface area contributed by atoms with Crippen molar-refractivity contribution in [1.82, 2.24) is 0 Å². The van der Waals surface area contributed by atoms with Crippen molar-refractivity contribution in [2.75, 3.05) is 6.61 Å². The summed E-state index contributed by atoms with van der Waals surface area (Å²) in [6.45, 7) is 8.93. The minimum absolute atomic E-state index is 0.0140. The largest absolute Gasteiger partial charge is 0.466 e. The Labute approximate surface area is 110 Å². The number of benzene rings is 1. The summed E-state index contributed by atoms with van der Waals surface area (Å²) < 4.78 is 4.82. The summed E-state index contributed by atoms with van der Waals surface area (Å²) >= 11 is 0. The van der Waals surface area contributed by atoms with Crippen molar-refractivity contribution < 1.29 is 14.6 Å². The fourth-order valence-electron chi connectivity index (χ4n) is 1.70. The molecule has 3 nitrogen and oxygen atoms in total. The van der Waals surface area contributed by atoms with Crippen molar-refractivity contribution in [3.05, 3.63) is 29.8 Å². The van der Waals surface area contributed by atoms with Crippen LogP contribution in [0, 0.1) is 0 Å². The lowest BCUT2D eigenvalue weighted by Crippen LogP contribution is -2.37. The minimum atomic E-state index is -1.31. The van der Waals surface area contributed by atoms with Gasteiger partial charge in [-0.15, -0.1) is 0 Å². The lowest BCUT2D eigenvalue weighted by atomic mass is 10.1. The SMILES string of the molecule is CCOC(=O)CC(O)c1ccc([Si](C)(C)C)cc1. The zero-order valence-electron chi connectivity index (χ0n) is 11.6. The molecular weight excluding hydrogens is 244 g/mol. The number of hydrogen-bond donors (Lipinski definition) is 1. The molecule has 1 rings (SSSR count). The van der Waals surface area contributed by atoms with Gasteiger partial charge in [-0.2, -0.15) is 0 Å². The molecule has 0 heterocycles. The monoisotopic (exact) mass is 266 g/mol. The number of hydrogen-bond acceptors (Lipinski definition) is 3. The first-order valence-corrected chi connectivity index (χ1v) is 9.78. The molecule has 18 heavy (non-hydrogen) atoms. The molecule has 0 aliphatic rings. The van der Waals surface area contributed by atoms with Gasteiger partial charge >= 0.3 is 5.97 Å². The van der Waals surface area contributed by atoms with E-state index < -0.39 is 14.2 Å². The third-order valence-corrected chi connectivity index (χ3v) is 4.89. The van der Waals surface area contributed by atoms with Gasteiger partial charge in [0, 0.05) is 0 Å². The molecule has 1 aromatic carbocycles. The Balaban J connectivity index is 2.70. The Morgan fingerprint density at radius 2 is 1.83 bits per heavy atom. The van der Waals surface area contributed by atoms with Crippen molar-refractivity contribution in [2.24, 2.45) is 0 Å². The van der Waals surface area contributed by atoms with Gasteiger partial charge in [0.05, 0.1) is 27.2 Å². The number of carbonyl (C=O) groups is 1. The molecule has 0 aromatic heterocycles. The van der Waals surface area contributed by atoms with Crippen LogP contribution in [0.2, 0.25) is 19.6 Å². The van der Waals surface area contributed by atoms with E-state index in [0.29, 0.717) is 6.61 Å². The van der Waals surface area contributed by atoms with Gasteiger partial charge in [0.2, 0.25) is 0 Å². The van der Waals surface area contributed by atoms with Gasteiger partial charge < -0.3 is 9.84 Å². The van der Waals surface area contributed by atoms with Crippen LogP contribution in [0.15, 0.2) is 24.3 Å². The Bertz CT molecular complexity index is 392. The van der Waals surface area contributed by atoms with Crippen LogP contribution in [-0.4, -0.2) is 25.8 Å². The first kappa shape index (κ1) is 14.9. The standard InChI is InChI=1S/C14H22O3Si/c1-5-17-14(16)10-13(15)11-6-8-12(9-7-11)18(2,3)4/h6-9,13,15H,5,10H2,1-4H3. The maximum absolute atomic E-state index is 11.3. The quantitative estimate of drug-likeness (QED) is 0.656. The van der Waals surface area contributed by atoms with Crippen LogP contribution in [-0.2, 0) is 9.53 Å². The number of aliphatic hydroxyl groups is 1. The van der Waals surface area contributed by atoms with E-state index >= 15 is 0 Å². The highest BCUT2D eigenvalue weighted by Gasteiger charge is 2.18. The van der Waals surface area contributed by atoms with Crippen molar-refractivity contribution in [2.45, 2.75) is 39.1 Å². The van der Waals surface area contributed by atoms with Crippen molar-refractivity contribution >= 4 is 19.2 Å². The van der Waals surface area contributed by atoms with Gasteiger partial charge in [-0.1, -0.05) is 49.1 Å². The highest BCUT2D eigenvalue weighted by molar-refractivity contribution is 6.88. The van der Waals surface area contributed by atoms with Crippen LogP contribution >= 0.6 is 0 Å². The van der Waals surface area contributed by atoms with Crippen LogP contribution < -0.4 is 5.19 Å². The lowest BCUT2D eigenvalue weighted by molar-refractivity contribution is -0.145. The summed E-state index contributed by atoms with van der Waals surface area (Å²) in [6.07, 6.45) is -0.764. The fraction of sp³-hybridized carbons (Fsp3) is 0.500. The second-order valence-corrected chi connectivity index (χ2v) is 10.5. The topological polar surface area (TPSA) is 46.5 Å². The number of ether oxygens (including phenoxy) is 1. The zero-order valence-corrected chi connectivity index (χ0v) is 12.6. The van der Waals surface area contributed by atoms with Crippen LogP contribution in [0.5, 0.6) is 0 Å². The Morgan fingerprint density at radius 3 is 2.28 bits per heavy atom. The summed E-state index contributed by atoms with van der Waals surface area (Å²) in [6, 6.07) is 7.90. The Morgan fingerprint density at radius 1 is 1.28 bits per heavy atom. The fourth-order valence-corrected chi connectivity index (χ4v) is 2.87. The summed E-state index contributed by atoms with van der Waals surface area (Å²) in [5, 5.41) is 11.3. The molecular formula is C14H22O3Si. The molecule has 1 atom stereocenters. The number of aliphatic hydroxyl groups excluding tert-OH is 1. The molecule has 0 fully saturated rings. The van der Waals surface area contributed by atoms with Gasteiger partial charge in [-0.3, -0.25) is 4.79 Å². The highest BCUT2D eigenvalue weighted by atomic mass is 28.3. The zero-order chi connectivity index (χ0) is 13.8. The molecule has 0 saturated heterocycles. The van der Waals surface area contributed by atoms with Gasteiger partial charge in [-0.25, -0.2) is 0 Å². The van der Waals surface area contributed by atoms with Gasteiger partial charge in [0.25, 0.3) is 0 Å². The predicted octanol–water partition coefficient (Wildman–Crippen LogP) is 2.22. The van der Waals surface area contributed by atoms with E-state index in [1.165, 1.54) is 5.19 Å². The Hall–Kier alpha value is -1.13. The van der Waals surface area contributed by atoms with Gasteiger partial charge in [-0.05, 0) is 12.5 Å². The summed E-state index contributed by atoms with van der Waals surface area (Å²) in [5.41, 5.74) is 0.769. The normalized spacial score (nSPS) is 13.2. The van der Waals surface area contributed by atoms with E-state index in [9.17, 15) is 9.90 Å². The van der Waals surface area contributed by atoms with Gasteiger partial charge in [0.15, 0.2) is 0 Å². The first-order valence-electron chi connectivity index (χ1n) is 6.28. The molecule has 0 amide bonds. The third-order valence-electron chi connectivity index (χ3n) is 2.83. The lowest BCUT2D eigenvalue weighted by Gasteiger charge is -2.18. The highest BCUT2D eigenvalue weighted by Crippen LogP contribution is 2.17. The second-order valence-electron chi connectivity index (χ2n) is 5.40. The smallest absolute Gasteiger partial charge is 0.308 e. The predicted molar refractivity (Wildman–Crippen MR) is 75.6 cm³/mol. The number of carbonyl (C=O) groups excluding carboxylic acids is 1. The molecule has 4 heteroatoms. The van der Waals surface area contributed by atoms with E-state index in [4.69, 9.17) is 4.74 Å². The second kappa shape index (κ2) is 6.16. The molecule has 0 spiro atoms. The van der Waals surface area contributed by atoms with E-state index in [2.05, 4.69) is 31.8 Å².